The van der Waals surface area contributed by atoms with E-state index in [1.165, 1.54) is 12.1 Å². The molecule has 2 bridgehead atoms. The van der Waals surface area contributed by atoms with E-state index in [2.05, 4.69) is 21.2 Å². The Bertz CT molecular complexity index is 2090. The van der Waals surface area contributed by atoms with Crippen molar-refractivity contribution in [2.45, 2.75) is 61.0 Å². The largest absolute Gasteiger partial charge is 0.508 e. The molecule has 1 aromatic heterocycles. The van der Waals surface area contributed by atoms with Crippen molar-refractivity contribution in [3.63, 3.8) is 0 Å². The van der Waals surface area contributed by atoms with E-state index in [0.29, 0.717) is 17.4 Å². The van der Waals surface area contributed by atoms with Gasteiger partial charge in [-0.1, -0.05) is 12.0 Å². The number of aromatic nitrogens is 2. The average molecular weight is 699 g/mol. The standard InChI is InChI=1S/C34H34F4N6O4S/c1-4-22-24(35)8-5-18-11-21(45)12-23(26(18)22)29-27(36)28-30(49(46,47)44(29)25-13-34(25,37)38)31(43-14-19-6-7-20(15-43)39-19)41-32(40-28)48-17-33(9-10-33)16-42(2)3/h1,5,8,11-12,19-20,25,39,45H,6-7,9-10,13-17H2,2-3H3. The predicted octanol–water partition coefficient (Wildman–Crippen LogP) is 4.32. The second kappa shape index (κ2) is 10.9. The number of fused-ring (bicyclic) bond motifs is 4. The molecule has 258 valence electrons. The van der Waals surface area contributed by atoms with Crippen LogP contribution in [0.1, 0.15) is 48.9 Å². The van der Waals surface area contributed by atoms with Crippen LogP contribution >= 0.6 is 0 Å². The Morgan fingerprint density at radius 3 is 2.45 bits per heavy atom. The molecule has 3 unspecified atom stereocenters. The number of piperazine rings is 1. The van der Waals surface area contributed by atoms with Crippen LogP contribution < -0.4 is 15.0 Å². The molecule has 5 aliphatic rings. The summed E-state index contributed by atoms with van der Waals surface area (Å²) in [7, 11) is -1.13. The molecule has 0 radical (unpaired) electrons. The Labute approximate surface area is 280 Å². The van der Waals surface area contributed by atoms with Crippen LogP contribution in [0.5, 0.6) is 11.8 Å². The van der Waals surface area contributed by atoms with Crippen molar-refractivity contribution in [3.8, 4) is 24.1 Å². The van der Waals surface area contributed by atoms with Crippen molar-refractivity contribution in [2.75, 3.05) is 45.2 Å². The molecular weight excluding hydrogens is 664 g/mol. The molecule has 2 saturated heterocycles. The zero-order valence-corrected chi connectivity index (χ0v) is 27.6. The summed E-state index contributed by atoms with van der Waals surface area (Å²) in [6.07, 6.45) is 8.24. The number of terminal acetylenes is 1. The summed E-state index contributed by atoms with van der Waals surface area (Å²) in [5, 5.41) is 14.2. The number of alkyl halides is 2. The van der Waals surface area contributed by atoms with Gasteiger partial charge in [0.25, 0.3) is 15.9 Å². The van der Waals surface area contributed by atoms with E-state index in [0.717, 1.165) is 44.4 Å². The fourth-order valence-corrected chi connectivity index (χ4v) is 9.63. The van der Waals surface area contributed by atoms with Crippen LogP contribution in [0.4, 0.5) is 23.4 Å². The number of hydrogen-bond donors (Lipinski definition) is 2. The minimum Gasteiger partial charge on any atom is -0.508 e. The van der Waals surface area contributed by atoms with Crippen LogP contribution in [0.2, 0.25) is 0 Å². The topological polar surface area (TPSA) is 111 Å². The van der Waals surface area contributed by atoms with E-state index < -0.39 is 62.1 Å². The van der Waals surface area contributed by atoms with Crippen molar-refractivity contribution >= 4 is 38.1 Å². The molecular formula is C34H34F4N6O4S. The Hall–Kier alpha value is -4.13. The highest BCUT2D eigenvalue weighted by Crippen LogP contribution is 2.56. The summed E-state index contributed by atoms with van der Waals surface area (Å²) in [6.45, 7) is 1.62. The minimum absolute atomic E-state index is 0.0189. The first-order valence-electron chi connectivity index (χ1n) is 16.2. The number of halogens is 4. The number of aromatic hydroxyl groups is 1. The SMILES string of the molecule is C#Cc1c(F)ccc2cc(O)cc(C3=C(F)c4nc(OCC5(CN(C)C)CC5)nc(N5CC6CCC(C5)N6)c4S(=O)(=O)N3C3CC3(F)F)c12. The Kier molecular flexibility index (Phi) is 7.16. The van der Waals surface area contributed by atoms with Crippen molar-refractivity contribution < 1.29 is 35.8 Å². The van der Waals surface area contributed by atoms with Gasteiger partial charge in [0.05, 0.1) is 17.9 Å². The summed E-state index contributed by atoms with van der Waals surface area (Å²) in [6, 6.07) is 2.39. The first-order chi connectivity index (χ1) is 23.2. The molecule has 10 nitrogen and oxygen atoms in total. The average Bonchev–Trinajstić information content (AvgIpc) is 3.91. The van der Waals surface area contributed by atoms with Crippen LogP contribution in [0.3, 0.4) is 0 Å². The first-order valence-corrected chi connectivity index (χ1v) is 17.6. The number of hydrogen-bond acceptors (Lipinski definition) is 9. The van der Waals surface area contributed by atoms with E-state index in [1.54, 1.807) is 4.90 Å². The third-order valence-electron chi connectivity index (χ3n) is 10.1. The van der Waals surface area contributed by atoms with Gasteiger partial charge in [-0.25, -0.2) is 26.0 Å². The predicted molar refractivity (Wildman–Crippen MR) is 174 cm³/mol. The number of phenols is 1. The molecule has 0 spiro atoms. The second-order valence-corrected chi connectivity index (χ2v) is 15.9. The Morgan fingerprint density at radius 1 is 1.14 bits per heavy atom. The number of rotatable bonds is 8. The lowest BCUT2D eigenvalue weighted by molar-refractivity contribution is 0.0989. The van der Waals surface area contributed by atoms with E-state index in [9.17, 15) is 22.3 Å². The second-order valence-electron chi connectivity index (χ2n) is 14.2. The monoisotopic (exact) mass is 698 g/mol. The van der Waals surface area contributed by atoms with Crippen molar-refractivity contribution in [3.05, 3.63) is 46.9 Å². The molecule has 3 aromatic rings. The summed E-state index contributed by atoms with van der Waals surface area (Å²) in [5.74, 6) is -3.99. The smallest absolute Gasteiger partial charge is 0.319 e. The van der Waals surface area contributed by atoms with Crippen LogP contribution in [-0.4, -0.2) is 97.1 Å². The molecule has 0 amide bonds. The number of nitrogens with one attached hydrogen (secondary N) is 1. The maximum atomic E-state index is 17.4. The molecule has 3 aliphatic heterocycles. The van der Waals surface area contributed by atoms with Gasteiger partial charge in [0, 0.05) is 54.5 Å². The van der Waals surface area contributed by atoms with Gasteiger partial charge in [0.2, 0.25) is 0 Å². The zero-order chi connectivity index (χ0) is 34.6. The minimum atomic E-state index is -5.01. The number of benzene rings is 2. The lowest BCUT2D eigenvalue weighted by atomic mass is 9.95. The van der Waals surface area contributed by atoms with Crippen LogP contribution in [0, 0.1) is 23.6 Å². The van der Waals surface area contributed by atoms with Gasteiger partial charge in [0.15, 0.2) is 16.5 Å². The maximum absolute atomic E-state index is 17.4. The number of ether oxygens (including phenoxy) is 1. The van der Waals surface area contributed by atoms with Gasteiger partial charge in [-0.3, -0.25) is 4.31 Å². The Morgan fingerprint density at radius 2 is 1.84 bits per heavy atom. The fraction of sp³-hybridized carbons (Fsp3) is 0.471. The quantitative estimate of drug-likeness (QED) is 0.263. The van der Waals surface area contributed by atoms with E-state index in [4.69, 9.17) is 11.2 Å². The van der Waals surface area contributed by atoms with Crippen molar-refractivity contribution in [1.82, 2.24) is 24.5 Å². The molecule has 2 saturated carbocycles. The molecule has 8 rings (SSSR count). The highest BCUT2D eigenvalue weighted by Gasteiger charge is 2.65. The molecule has 15 heteroatoms. The van der Waals surface area contributed by atoms with Crippen LogP contribution in [0.25, 0.3) is 22.3 Å². The highest BCUT2D eigenvalue weighted by atomic mass is 32.2. The Balaban J connectivity index is 1.38. The number of nitrogens with zero attached hydrogens (tertiary/aromatic N) is 5. The van der Waals surface area contributed by atoms with E-state index in [1.807, 2.05) is 19.0 Å². The normalized spacial score (nSPS) is 25.8. The molecule has 4 fully saturated rings. The number of phenolic OH excluding ortho intramolecular Hbond substituents is 1. The maximum Gasteiger partial charge on any atom is 0.319 e. The van der Waals surface area contributed by atoms with Crippen LogP contribution in [0.15, 0.2) is 29.2 Å². The highest BCUT2D eigenvalue weighted by molar-refractivity contribution is 7.89. The lowest BCUT2D eigenvalue weighted by Crippen LogP contribution is -2.52. The van der Waals surface area contributed by atoms with Crippen molar-refractivity contribution in [2.24, 2.45) is 5.41 Å². The zero-order valence-electron chi connectivity index (χ0n) is 26.8. The number of anilines is 1. The van der Waals surface area contributed by atoms with E-state index in [-0.39, 0.29) is 57.8 Å². The van der Waals surface area contributed by atoms with Gasteiger partial charge < -0.3 is 25.0 Å². The number of sulfonamides is 1. The first kappa shape index (κ1) is 32.1. The van der Waals surface area contributed by atoms with Crippen LogP contribution in [-0.2, 0) is 10.0 Å². The molecule has 4 heterocycles. The lowest BCUT2D eigenvalue weighted by Gasteiger charge is -2.38. The third-order valence-corrected chi connectivity index (χ3v) is 12.0. The molecule has 2 aliphatic carbocycles. The van der Waals surface area contributed by atoms with Gasteiger partial charge >= 0.3 is 6.01 Å². The van der Waals surface area contributed by atoms with Gasteiger partial charge in [-0.15, -0.1) is 6.42 Å². The van der Waals surface area contributed by atoms with Crippen molar-refractivity contribution in [1.29, 1.82) is 0 Å². The third kappa shape index (κ3) is 5.26. The van der Waals surface area contributed by atoms with E-state index >= 15 is 8.78 Å². The molecule has 49 heavy (non-hydrogen) atoms. The summed E-state index contributed by atoms with van der Waals surface area (Å²) in [4.78, 5) is 12.0. The molecule has 2 N–H and O–H groups in total. The summed E-state index contributed by atoms with van der Waals surface area (Å²) in [5.41, 5.74) is -2.37. The van der Waals surface area contributed by atoms with Gasteiger partial charge in [-0.2, -0.15) is 9.97 Å². The molecule has 2 aromatic carbocycles. The summed E-state index contributed by atoms with van der Waals surface area (Å²) < 4.78 is 98.5. The van der Waals surface area contributed by atoms with Gasteiger partial charge in [0.1, 0.15) is 23.3 Å². The summed E-state index contributed by atoms with van der Waals surface area (Å²) >= 11 is 0. The van der Waals surface area contributed by atoms with Gasteiger partial charge in [-0.05, 0) is 63.4 Å². The fourth-order valence-electron chi connectivity index (χ4n) is 7.66. The molecule has 3 atom stereocenters.